The minimum Gasteiger partial charge on any atom is -0.469 e. The lowest BCUT2D eigenvalue weighted by Gasteiger charge is -2.10. The van der Waals surface area contributed by atoms with Crippen LogP contribution in [-0.4, -0.2) is 18.1 Å². The molecule has 0 aromatic carbocycles. The standard InChI is InChI=1S/C9H12N2O3/c1-5(9(13)14-2)6-3-4-11-8(12)7(6)10/h3-5H,10H2,1-2H3,(H,11,12). The number of aromatic amines is 1. The molecule has 1 heterocycles. The molecule has 0 radical (unpaired) electrons. The third kappa shape index (κ3) is 1.76. The predicted molar refractivity (Wildman–Crippen MR) is 51.9 cm³/mol. The molecule has 0 aliphatic heterocycles. The van der Waals surface area contributed by atoms with Gasteiger partial charge in [0.15, 0.2) is 0 Å². The number of methoxy groups -OCH3 is 1. The van der Waals surface area contributed by atoms with Crippen LogP contribution < -0.4 is 11.3 Å². The Kier molecular flexibility index (Phi) is 2.91. The maximum absolute atomic E-state index is 11.2. The van der Waals surface area contributed by atoms with E-state index in [9.17, 15) is 9.59 Å². The van der Waals surface area contributed by atoms with Crippen molar-refractivity contribution in [3.05, 3.63) is 28.2 Å². The van der Waals surface area contributed by atoms with Crippen LogP contribution in [-0.2, 0) is 9.53 Å². The van der Waals surface area contributed by atoms with Crippen LogP contribution in [0.15, 0.2) is 17.1 Å². The van der Waals surface area contributed by atoms with Gasteiger partial charge in [0.25, 0.3) is 5.56 Å². The number of nitrogen functional groups attached to an aromatic ring is 1. The monoisotopic (exact) mass is 196 g/mol. The first kappa shape index (κ1) is 10.3. The first-order valence-electron chi connectivity index (χ1n) is 4.12. The summed E-state index contributed by atoms with van der Waals surface area (Å²) in [5, 5.41) is 0. The molecule has 0 amide bonds. The van der Waals surface area contributed by atoms with E-state index in [2.05, 4.69) is 9.72 Å². The van der Waals surface area contributed by atoms with E-state index in [1.54, 1.807) is 13.0 Å². The fourth-order valence-corrected chi connectivity index (χ4v) is 1.19. The van der Waals surface area contributed by atoms with Gasteiger partial charge in [0, 0.05) is 6.20 Å². The zero-order valence-corrected chi connectivity index (χ0v) is 8.03. The summed E-state index contributed by atoms with van der Waals surface area (Å²) < 4.78 is 4.55. The Morgan fingerprint density at radius 1 is 1.64 bits per heavy atom. The molecule has 0 aliphatic carbocycles. The van der Waals surface area contributed by atoms with Gasteiger partial charge in [-0.25, -0.2) is 0 Å². The van der Waals surface area contributed by atoms with Crippen molar-refractivity contribution in [2.24, 2.45) is 0 Å². The van der Waals surface area contributed by atoms with Crippen LogP contribution in [0.2, 0.25) is 0 Å². The maximum Gasteiger partial charge on any atom is 0.312 e. The number of nitrogens with two attached hydrogens (primary N) is 1. The van der Waals surface area contributed by atoms with E-state index in [1.807, 2.05) is 0 Å². The van der Waals surface area contributed by atoms with Gasteiger partial charge in [-0.15, -0.1) is 0 Å². The topological polar surface area (TPSA) is 85.2 Å². The zero-order chi connectivity index (χ0) is 10.7. The highest BCUT2D eigenvalue weighted by Gasteiger charge is 2.18. The van der Waals surface area contributed by atoms with E-state index in [4.69, 9.17) is 5.73 Å². The van der Waals surface area contributed by atoms with E-state index < -0.39 is 17.4 Å². The zero-order valence-electron chi connectivity index (χ0n) is 8.03. The minimum absolute atomic E-state index is 0.0606. The molecule has 0 spiro atoms. The Balaban J connectivity index is 3.13. The lowest BCUT2D eigenvalue weighted by atomic mass is 10.0. The Hall–Kier alpha value is -1.78. The second-order valence-corrected chi connectivity index (χ2v) is 2.92. The van der Waals surface area contributed by atoms with Crippen molar-refractivity contribution in [1.29, 1.82) is 0 Å². The number of hydrogen-bond donors (Lipinski definition) is 2. The number of H-pyrrole nitrogens is 1. The van der Waals surface area contributed by atoms with Crippen LogP contribution in [0, 0.1) is 0 Å². The number of esters is 1. The Morgan fingerprint density at radius 2 is 2.29 bits per heavy atom. The van der Waals surface area contributed by atoms with Crippen LogP contribution in [0.3, 0.4) is 0 Å². The summed E-state index contributed by atoms with van der Waals surface area (Å²) >= 11 is 0. The summed E-state index contributed by atoms with van der Waals surface area (Å²) in [5.41, 5.74) is 5.68. The molecule has 0 saturated heterocycles. The summed E-state index contributed by atoms with van der Waals surface area (Å²) in [4.78, 5) is 24.7. The number of carbonyl (C=O) groups is 1. The lowest BCUT2D eigenvalue weighted by Crippen LogP contribution is -2.19. The molecule has 1 atom stereocenters. The highest BCUT2D eigenvalue weighted by Crippen LogP contribution is 2.19. The van der Waals surface area contributed by atoms with Gasteiger partial charge in [-0.3, -0.25) is 9.59 Å². The van der Waals surface area contributed by atoms with Crippen molar-refractivity contribution in [1.82, 2.24) is 4.98 Å². The van der Waals surface area contributed by atoms with Crippen molar-refractivity contribution < 1.29 is 9.53 Å². The molecule has 0 bridgehead atoms. The largest absolute Gasteiger partial charge is 0.469 e. The van der Waals surface area contributed by atoms with Gasteiger partial charge in [-0.2, -0.15) is 0 Å². The van der Waals surface area contributed by atoms with Crippen LogP contribution >= 0.6 is 0 Å². The summed E-state index contributed by atoms with van der Waals surface area (Å²) in [6, 6.07) is 1.60. The van der Waals surface area contributed by atoms with Gasteiger partial charge in [-0.05, 0) is 18.6 Å². The summed E-state index contributed by atoms with van der Waals surface area (Å²) in [5.74, 6) is -0.940. The quantitative estimate of drug-likeness (QED) is 0.663. The molecule has 3 N–H and O–H groups in total. The third-order valence-electron chi connectivity index (χ3n) is 2.05. The SMILES string of the molecule is COC(=O)C(C)c1cc[nH]c(=O)c1N. The van der Waals surface area contributed by atoms with Crippen LogP contribution in [0.25, 0.3) is 0 Å². The highest BCUT2D eigenvalue weighted by atomic mass is 16.5. The van der Waals surface area contributed by atoms with Gasteiger partial charge in [0.2, 0.25) is 0 Å². The van der Waals surface area contributed by atoms with Crippen molar-refractivity contribution in [3.8, 4) is 0 Å². The van der Waals surface area contributed by atoms with Gasteiger partial charge >= 0.3 is 5.97 Å². The number of aromatic nitrogens is 1. The van der Waals surface area contributed by atoms with Crippen molar-refractivity contribution in [2.75, 3.05) is 12.8 Å². The van der Waals surface area contributed by atoms with Crippen LogP contribution in [0.5, 0.6) is 0 Å². The normalized spacial score (nSPS) is 12.1. The summed E-state index contributed by atoms with van der Waals surface area (Å²) in [7, 11) is 1.29. The molecular weight excluding hydrogens is 184 g/mol. The maximum atomic E-state index is 11.2. The van der Waals surface area contributed by atoms with Gasteiger partial charge in [-0.1, -0.05) is 0 Å². The molecule has 1 aromatic rings. The molecule has 0 saturated carbocycles. The molecule has 1 aromatic heterocycles. The molecule has 14 heavy (non-hydrogen) atoms. The number of nitrogens with one attached hydrogen (secondary N) is 1. The number of hydrogen-bond acceptors (Lipinski definition) is 4. The van der Waals surface area contributed by atoms with E-state index in [-0.39, 0.29) is 5.69 Å². The molecule has 1 unspecified atom stereocenters. The number of pyridine rings is 1. The molecule has 1 rings (SSSR count). The second-order valence-electron chi connectivity index (χ2n) is 2.92. The summed E-state index contributed by atoms with van der Waals surface area (Å²) in [6.07, 6.45) is 1.45. The Labute approximate surface area is 80.9 Å². The molecule has 0 fully saturated rings. The smallest absolute Gasteiger partial charge is 0.312 e. The average molecular weight is 196 g/mol. The first-order valence-corrected chi connectivity index (χ1v) is 4.12. The van der Waals surface area contributed by atoms with E-state index >= 15 is 0 Å². The van der Waals surface area contributed by atoms with Gasteiger partial charge in [0.05, 0.1) is 13.0 Å². The molecule has 5 nitrogen and oxygen atoms in total. The Bertz CT molecular complexity index is 397. The van der Waals surface area contributed by atoms with Gasteiger partial charge < -0.3 is 15.5 Å². The Morgan fingerprint density at radius 3 is 2.86 bits per heavy atom. The number of carbonyl (C=O) groups excluding carboxylic acids is 1. The van der Waals surface area contributed by atoms with E-state index in [0.717, 1.165) is 0 Å². The highest BCUT2D eigenvalue weighted by molar-refractivity contribution is 5.79. The van der Waals surface area contributed by atoms with Crippen molar-refractivity contribution >= 4 is 11.7 Å². The fraction of sp³-hybridized carbons (Fsp3) is 0.333. The third-order valence-corrected chi connectivity index (χ3v) is 2.05. The van der Waals surface area contributed by atoms with E-state index in [0.29, 0.717) is 5.56 Å². The predicted octanol–water partition coefficient (Wildman–Crippen LogP) is 0.234. The number of ether oxygens (including phenoxy) is 1. The van der Waals surface area contributed by atoms with Crippen molar-refractivity contribution in [3.63, 3.8) is 0 Å². The molecule has 76 valence electrons. The molecule has 5 heteroatoms. The molecular formula is C9H12N2O3. The first-order chi connectivity index (χ1) is 6.57. The summed E-state index contributed by atoms with van der Waals surface area (Å²) in [6.45, 7) is 1.64. The number of rotatable bonds is 2. The number of anilines is 1. The van der Waals surface area contributed by atoms with Crippen LogP contribution in [0.1, 0.15) is 18.4 Å². The second kappa shape index (κ2) is 3.95. The minimum atomic E-state index is -0.526. The lowest BCUT2D eigenvalue weighted by molar-refractivity contribution is -0.141. The van der Waals surface area contributed by atoms with E-state index in [1.165, 1.54) is 13.3 Å². The fourth-order valence-electron chi connectivity index (χ4n) is 1.19. The van der Waals surface area contributed by atoms with Crippen LogP contribution in [0.4, 0.5) is 5.69 Å². The van der Waals surface area contributed by atoms with Gasteiger partial charge in [0.1, 0.15) is 5.69 Å². The van der Waals surface area contributed by atoms with Crippen molar-refractivity contribution in [2.45, 2.75) is 12.8 Å². The molecule has 0 aliphatic rings. The average Bonchev–Trinajstić information content (AvgIpc) is 2.20.